The monoisotopic (exact) mass is 280 g/mol. The van der Waals surface area contributed by atoms with Crippen LogP contribution in [0.25, 0.3) is 0 Å². The Hall–Kier alpha value is -1.27. The van der Waals surface area contributed by atoms with E-state index in [9.17, 15) is 18.0 Å². The maximum absolute atomic E-state index is 11.8. The van der Waals surface area contributed by atoms with Gasteiger partial charge in [0.15, 0.2) is 0 Å². The molecule has 0 spiro atoms. The summed E-state index contributed by atoms with van der Waals surface area (Å²) in [7, 11) is 0. The second-order valence-electron chi connectivity index (χ2n) is 3.70. The van der Waals surface area contributed by atoms with E-state index in [0.717, 1.165) is 5.56 Å². The maximum Gasteiger partial charge on any atom is 0.401 e. The van der Waals surface area contributed by atoms with E-state index in [0.29, 0.717) is 10.7 Å². The van der Waals surface area contributed by atoms with Crippen LogP contribution in [0.4, 0.5) is 18.9 Å². The van der Waals surface area contributed by atoms with E-state index in [1.165, 1.54) is 0 Å². The molecule has 0 aliphatic heterocycles. The predicted molar refractivity (Wildman–Crippen MR) is 63.7 cm³/mol. The summed E-state index contributed by atoms with van der Waals surface area (Å²) in [6.07, 6.45) is -4.33. The first-order chi connectivity index (χ1) is 8.29. The quantitative estimate of drug-likeness (QED) is 0.890. The van der Waals surface area contributed by atoms with Crippen molar-refractivity contribution in [1.29, 1.82) is 0 Å². The molecule has 0 aromatic heterocycles. The van der Waals surface area contributed by atoms with Crippen molar-refractivity contribution in [3.05, 3.63) is 28.8 Å². The molecule has 0 atom stereocenters. The van der Waals surface area contributed by atoms with Gasteiger partial charge >= 0.3 is 6.18 Å². The van der Waals surface area contributed by atoms with Gasteiger partial charge < -0.3 is 10.6 Å². The lowest BCUT2D eigenvalue weighted by Crippen LogP contribution is -2.35. The second-order valence-corrected chi connectivity index (χ2v) is 4.11. The molecule has 1 amide bonds. The van der Waals surface area contributed by atoms with Crippen molar-refractivity contribution >= 4 is 23.2 Å². The molecule has 0 heterocycles. The Kier molecular flexibility index (Phi) is 4.98. The van der Waals surface area contributed by atoms with Crippen LogP contribution in [0, 0.1) is 6.92 Å². The lowest BCUT2D eigenvalue weighted by Gasteiger charge is -2.11. The van der Waals surface area contributed by atoms with Gasteiger partial charge in [0.2, 0.25) is 5.91 Å². The molecular formula is C11H12ClF3N2O. The Morgan fingerprint density at radius 3 is 2.61 bits per heavy atom. The smallest absolute Gasteiger partial charge is 0.323 e. The van der Waals surface area contributed by atoms with E-state index in [1.54, 1.807) is 25.1 Å². The van der Waals surface area contributed by atoms with Crippen molar-refractivity contribution in [2.75, 3.05) is 18.4 Å². The van der Waals surface area contributed by atoms with Crippen molar-refractivity contribution in [2.45, 2.75) is 13.1 Å². The Morgan fingerprint density at radius 2 is 2.06 bits per heavy atom. The lowest BCUT2D eigenvalue weighted by atomic mass is 10.2. The fourth-order valence-electron chi connectivity index (χ4n) is 1.29. The van der Waals surface area contributed by atoms with Gasteiger partial charge in [0, 0.05) is 0 Å². The topological polar surface area (TPSA) is 41.1 Å². The van der Waals surface area contributed by atoms with Gasteiger partial charge in [0.25, 0.3) is 0 Å². The largest absolute Gasteiger partial charge is 0.401 e. The van der Waals surface area contributed by atoms with E-state index in [4.69, 9.17) is 11.6 Å². The molecule has 0 fully saturated rings. The van der Waals surface area contributed by atoms with Crippen LogP contribution in [-0.2, 0) is 4.79 Å². The Balaban J connectivity index is 2.50. The van der Waals surface area contributed by atoms with Gasteiger partial charge in [0.1, 0.15) is 0 Å². The summed E-state index contributed by atoms with van der Waals surface area (Å²) in [6, 6.07) is 5.05. The van der Waals surface area contributed by atoms with Crippen LogP contribution in [0.5, 0.6) is 0 Å². The standard InChI is InChI=1S/C11H12ClF3N2O/c1-7-3-2-4-8(12)10(7)17-9(18)5-16-6-11(13,14)15/h2-4,16H,5-6H2,1H3,(H,17,18). The molecule has 0 bridgehead atoms. The third-order valence-corrected chi connectivity index (χ3v) is 2.41. The molecule has 0 saturated heterocycles. The van der Waals surface area contributed by atoms with Gasteiger partial charge in [0.05, 0.1) is 23.8 Å². The third-order valence-electron chi connectivity index (χ3n) is 2.10. The fraction of sp³-hybridized carbons (Fsp3) is 0.364. The normalized spacial score (nSPS) is 11.4. The Labute approximate surface area is 107 Å². The molecule has 1 aromatic rings. The highest BCUT2D eigenvalue weighted by atomic mass is 35.5. The number of halogens is 4. The lowest BCUT2D eigenvalue weighted by molar-refractivity contribution is -0.126. The molecule has 0 saturated carbocycles. The highest BCUT2D eigenvalue weighted by Crippen LogP contribution is 2.24. The van der Waals surface area contributed by atoms with E-state index in [-0.39, 0.29) is 0 Å². The van der Waals surface area contributed by atoms with Crippen molar-refractivity contribution < 1.29 is 18.0 Å². The molecule has 0 unspecified atom stereocenters. The number of nitrogens with one attached hydrogen (secondary N) is 2. The fourth-order valence-corrected chi connectivity index (χ4v) is 1.56. The van der Waals surface area contributed by atoms with Crippen LogP contribution in [0.2, 0.25) is 5.02 Å². The number of anilines is 1. The average molecular weight is 281 g/mol. The Morgan fingerprint density at radius 1 is 1.39 bits per heavy atom. The van der Waals surface area contributed by atoms with Gasteiger partial charge in [-0.3, -0.25) is 4.79 Å². The molecule has 3 nitrogen and oxygen atoms in total. The van der Waals surface area contributed by atoms with E-state index < -0.39 is 25.2 Å². The first kappa shape index (κ1) is 14.8. The van der Waals surface area contributed by atoms with E-state index in [1.807, 2.05) is 5.32 Å². The molecule has 100 valence electrons. The maximum atomic E-state index is 11.8. The van der Waals surface area contributed by atoms with Crippen LogP contribution >= 0.6 is 11.6 Å². The summed E-state index contributed by atoms with van der Waals surface area (Å²) in [5, 5.41) is 4.81. The van der Waals surface area contributed by atoms with Crippen LogP contribution in [0.1, 0.15) is 5.56 Å². The summed E-state index contributed by atoms with van der Waals surface area (Å²) >= 11 is 5.87. The summed E-state index contributed by atoms with van der Waals surface area (Å²) in [6.45, 7) is 0.108. The molecule has 1 rings (SSSR count). The summed E-state index contributed by atoms with van der Waals surface area (Å²) in [4.78, 5) is 11.4. The average Bonchev–Trinajstić information content (AvgIpc) is 2.22. The molecule has 0 aliphatic rings. The molecule has 1 aromatic carbocycles. The van der Waals surface area contributed by atoms with Gasteiger partial charge in [-0.05, 0) is 18.6 Å². The number of para-hydroxylation sites is 1. The van der Waals surface area contributed by atoms with Crippen LogP contribution < -0.4 is 10.6 Å². The molecule has 2 N–H and O–H groups in total. The predicted octanol–water partition coefficient (Wildman–Crippen LogP) is 2.74. The first-order valence-electron chi connectivity index (χ1n) is 5.12. The molecule has 18 heavy (non-hydrogen) atoms. The minimum absolute atomic E-state index is 0.346. The SMILES string of the molecule is Cc1cccc(Cl)c1NC(=O)CNCC(F)(F)F. The molecule has 0 aliphatic carbocycles. The Bertz CT molecular complexity index is 415. The van der Waals surface area contributed by atoms with Crippen molar-refractivity contribution in [3.8, 4) is 0 Å². The van der Waals surface area contributed by atoms with Crippen LogP contribution in [0.15, 0.2) is 18.2 Å². The minimum Gasteiger partial charge on any atom is -0.323 e. The number of carbonyl (C=O) groups excluding carboxylic acids is 1. The van der Waals surface area contributed by atoms with Crippen molar-refractivity contribution in [1.82, 2.24) is 5.32 Å². The van der Waals surface area contributed by atoms with Crippen LogP contribution in [-0.4, -0.2) is 25.2 Å². The number of hydrogen-bond acceptors (Lipinski definition) is 2. The van der Waals surface area contributed by atoms with E-state index in [2.05, 4.69) is 5.32 Å². The number of rotatable bonds is 4. The number of carbonyl (C=O) groups is 1. The zero-order valence-corrected chi connectivity index (χ0v) is 10.3. The third kappa shape index (κ3) is 4.93. The van der Waals surface area contributed by atoms with E-state index >= 15 is 0 Å². The zero-order chi connectivity index (χ0) is 13.8. The number of alkyl halides is 3. The van der Waals surface area contributed by atoms with Gasteiger partial charge in [-0.1, -0.05) is 23.7 Å². The number of benzene rings is 1. The minimum atomic E-state index is -4.33. The van der Waals surface area contributed by atoms with Gasteiger partial charge in [-0.2, -0.15) is 13.2 Å². The zero-order valence-electron chi connectivity index (χ0n) is 9.57. The first-order valence-corrected chi connectivity index (χ1v) is 5.50. The highest BCUT2D eigenvalue weighted by Gasteiger charge is 2.26. The van der Waals surface area contributed by atoms with Gasteiger partial charge in [-0.25, -0.2) is 0 Å². The summed E-state index contributed by atoms with van der Waals surface area (Å²) in [5.74, 6) is -0.574. The van der Waals surface area contributed by atoms with Crippen molar-refractivity contribution in [3.63, 3.8) is 0 Å². The number of aryl methyl sites for hydroxylation is 1. The van der Waals surface area contributed by atoms with Crippen molar-refractivity contribution in [2.24, 2.45) is 0 Å². The summed E-state index contributed by atoms with van der Waals surface area (Å²) in [5.41, 5.74) is 1.16. The van der Waals surface area contributed by atoms with Crippen LogP contribution in [0.3, 0.4) is 0 Å². The second kappa shape index (κ2) is 6.06. The van der Waals surface area contributed by atoms with Gasteiger partial charge in [-0.15, -0.1) is 0 Å². The number of amides is 1. The number of hydrogen-bond donors (Lipinski definition) is 2. The molecule has 0 radical (unpaired) electrons. The molecule has 7 heteroatoms. The molecular weight excluding hydrogens is 269 g/mol. The highest BCUT2D eigenvalue weighted by molar-refractivity contribution is 6.33. The summed E-state index contributed by atoms with van der Waals surface area (Å²) < 4.78 is 35.5.